The SMILES string of the molecule is Oc1ccc(C2=CCC2Cc2ccccc2)cc1C(F)(F)F. The van der Waals surface area contributed by atoms with Crippen molar-refractivity contribution in [3.8, 4) is 5.75 Å². The van der Waals surface area contributed by atoms with Gasteiger partial charge < -0.3 is 5.11 Å². The van der Waals surface area contributed by atoms with Gasteiger partial charge in [-0.1, -0.05) is 42.5 Å². The Kier molecular flexibility index (Phi) is 3.69. The first-order chi connectivity index (χ1) is 10.4. The maximum absolute atomic E-state index is 12.9. The fourth-order valence-corrected chi connectivity index (χ4v) is 2.79. The molecule has 1 aliphatic rings. The minimum absolute atomic E-state index is 0.230. The van der Waals surface area contributed by atoms with Crippen LogP contribution in [0.1, 0.15) is 23.1 Å². The van der Waals surface area contributed by atoms with E-state index in [9.17, 15) is 18.3 Å². The molecule has 0 bridgehead atoms. The predicted molar refractivity (Wildman–Crippen MR) is 79.3 cm³/mol. The lowest BCUT2D eigenvalue weighted by atomic mass is 9.76. The van der Waals surface area contributed by atoms with Gasteiger partial charge in [-0.15, -0.1) is 0 Å². The molecule has 1 aliphatic carbocycles. The number of allylic oxidation sites excluding steroid dienone is 2. The summed E-state index contributed by atoms with van der Waals surface area (Å²) >= 11 is 0. The van der Waals surface area contributed by atoms with Crippen LogP contribution in [0.25, 0.3) is 5.57 Å². The molecule has 1 nitrogen and oxygen atoms in total. The highest BCUT2D eigenvalue weighted by molar-refractivity contribution is 5.73. The number of phenolic OH excluding ortho intramolecular Hbond substituents is 1. The quantitative estimate of drug-likeness (QED) is 0.840. The van der Waals surface area contributed by atoms with Crippen molar-refractivity contribution in [1.82, 2.24) is 0 Å². The second-order valence-corrected chi connectivity index (χ2v) is 5.51. The van der Waals surface area contributed by atoms with Gasteiger partial charge in [0.05, 0.1) is 5.56 Å². The molecule has 1 atom stereocenters. The molecular weight excluding hydrogens is 289 g/mol. The van der Waals surface area contributed by atoms with Crippen molar-refractivity contribution in [2.45, 2.75) is 19.0 Å². The van der Waals surface area contributed by atoms with Crippen molar-refractivity contribution < 1.29 is 18.3 Å². The molecule has 22 heavy (non-hydrogen) atoms. The topological polar surface area (TPSA) is 20.2 Å². The Balaban J connectivity index is 1.83. The normalized spacial score (nSPS) is 17.8. The van der Waals surface area contributed by atoms with Crippen molar-refractivity contribution >= 4 is 5.57 Å². The van der Waals surface area contributed by atoms with Gasteiger partial charge in [0.1, 0.15) is 5.75 Å². The Bertz CT molecular complexity index is 702. The minimum Gasteiger partial charge on any atom is -0.507 e. The average Bonchev–Trinajstić information content (AvgIpc) is 2.45. The Morgan fingerprint density at radius 1 is 1.05 bits per heavy atom. The fraction of sp³-hybridized carbons (Fsp3) is 0.222. The zero-order valence-electron chi connectivity index (χ0n) is 11.8. The maximum atomic E-state index is 12.9. The zero-order valence-corrected chi connectivity index (χ0v) is 11.8. The van der Waals surface area contributed by atoms with Gasteiger partial charge in [0.2, 0.25) is 0 Å². The summed E-state index contributed by atoms with van der Waals surface area (Å²) in [5, 5.41) is 9.40. The summed E-state index contributed by atoms with van der Waals surface area (Å²) in [7, 11) is 0. The third kappa shape index (κ3) is 2.86. The van der Waals surface area contributed by atoms with Gasteiger partial charge in [-0.25, -0.2) is 0 Å². The molecule has 0 heterocycles. The number of rotatable bonds is 3. The average molecular weight is 304 g/mol. The smallest absolute Gasteiger partial charge is 0.419 e. The van der Waals surface area contributed by atoms with E-state index in [1.54, 1.807) is 6.07 Å². The third-order valence-electron chi connectivity index (χ3n) is 4.02. The van der Waals surface area contributed by atoms with Gasteiger partial charge in [-0.05, 0) is 47.6 Å². The third-order valence-corrected chi connectivity index (χ3v) is 4.02. The highest BCUT2D eigenvalue weighted by Gasteiger charge is 2.35. The lowest BCUT2D eigenvalue weighted by Crippen LogP contribution is -2.15. The monoisotopic (exact) mass is 304 g/mol. The van der Waals surface area contributed by atoms with E-state index in [-0.39, 0.29) is 5.92 Å². The molecule has 4 heteroatoms. The molecule has 0 aliphatic heterocycles. The summed E-state index contributed by atoms with van der Waals surface area (Å²) in [5.74, 6) is -0.496. The molecule has 0 aromatic heterocycles. The number of hydrogen-bond acceptors (Lipinski definition) is 1. The molecule has 1 N–H and O–H groups in total. The van der Waals surface area contributed by atoms with Gasteiger partial charge >= 0.3 is 6.18 Å². The number of halogens is 3. The molecule has 114 valence electrons. The van der Waals surface area contributed by atoms with Crippen molar-refractivity contribution in [3.05, 3.63) is 71.3 Å². The van der Waals surface area contributed by atoms with Crippen LogP contribution in [-0.4, -0.2) is 5.11 Å². The van der Waals surface area contributed by atoms with E-state index in [1.165, 1.54) is 5.56 Å². The van der Waals surface area contributed by atoms with Crippen molar-refractivity contribution in [2.24, 2.45) is 5.92 Å². The second-order valence-electron chi connectivity index (χ2n) is 5.51. The number of phenols is 1. The number of alkyl halides is 3. The largest absolute Gasteiger partial charge is 0.507 e. The lowest BCUT2D eigenvalue weighted by molar-refractivity contribution is -0.138. The van der Waals surface area contributed by atoms with Gasteiger partial charge in [0, 0.05) is 0 Å². The first-order valence-electron chi connectivity index (χ1n) is 7.09. The Morgan fingerprint density at radius 3 is 2.36 bits per heavy atom. The van der Waals surface area contributed by atoms with Gasteiger partial charge in [0.15, 0.2) is 0 Å². The Hall–Kier alpha value is -2.23. The molecule has 0 saturated carbocycles. The van der Waals surface area contributed by atoms with Gasteiger partial charge in [-0.3, -0.25) is 0 Å². The van der Waals surface area contributed by atoms with E-state index in [0.717, 1.165) is 30.5 Å². The van der Waals surface area contributed by atoms with Crippen LogP contribution < -0.4 is 0 Å². The van der Waals surface area contributed by atoms with E-state index in [2.05, 4.69) is 0 Å². The molecule has 0 amide bonds. The standard InChI is InChI=1S/C18H15F3O/c19-18(20,21)16-11-14(7-9-17(16)22)15-8-6-13(15)10-12-4-2-1-3-5-12/h1-5,7-9,11,13,22H,6,10H2. The van der Waals surface area contributed by atoms with Crippen LogP contribution in [0.5, 0.6) is 5.75 Å². The van der Waals surface area contributed by atoms with E-state index in [4.69, 9.17) is 0 Å². The van der Waals surface area contributed by atoms with Crippen LogP contribution in [0.2, 0.25) is 0 Å². The Morgan fingerprint density at radius 2 is 1.77 bits per heavy atom. The summed E-state index contributed by atoms with van der Waals surface area (Å²) in [4.78, 5) is 0. The van der Waals surface area contributed by atoms with E-state index in [1.807, 2.05) is 36.4 Å². The van der Waals surface area contributed by atoms with Crippen LogP contribution in [0, 0.1) is 5.92 Å². The molecule has 2 aromatic carbocycles. The van der Waals surface area contributed by atoms with Crippen molar-refractivity contribution in [1.29, 1.82) is 0 Å². The highest BCUT2D eigenvalue weighted by atomic mass is 19.4. The van der Waals surface area contributed by atoms with E-state index in [0.29, 0.717) is 5.56 Å². The van der Waals surface area contributed by atoms with Crippen LogP contribution in [0.3, 0.4) is 0 Å². The molecule has 0 spiro atoms. The predicted octanol–water partition coefficient (Wildman–Crippen LogP) is 5.06. The minimum atomic E-state index is -4.54. The van der Waals surface area contributed by atoms with Crippen LogP contribution in [-0.2, 0) is 12.6 Å². The van der Waals surface area contributed by atoms with Crippen molar-refractivity contribution in [3.63, 3.8) is 0 Å². The summed E-state index contributed by atoms with van der Waals surface area (Å²) in [6.45, 7) is 0. The second kappa shape index (κ2) is 5.52. The molecular formula is C18H15F3O. The fourth-order valence-electron chi connectivity index (χ4n) is 2.79. The molecule has 0 radical (unpaired) electrons. The van der Waals surface area contributed by atoms with Crippen LogP contribution in [0.4, 0.5) is 13.2 Å². The maximum Gasteiger partial charge on any atom is 0.419 e. The molecule has 0 fully saturated rings. The first kappa shape index (κ1) is 14.7. The first-order valence-corrected chi connectivity index (χ1v) is 7.09. The van der Waals surface area contributed by atoms with Gasteiger partial charge in [-0.2, -0.15) is 13.2 Å². The summed E-state index contributed by atoms with van der Waals surface area (Å²) in [5.41, 5.74) is 1.66. The van der Waals surface area contributed by atoms with E-state index >= 15 is 0 Å². The summed E-state index contributed by atoms with van der Waals surface area (Å²) in [6, 6.07) is 13.6. The van der Waals surface area contributed by atoms with Crippen LogP contribution >= 0.6 is 0 Å². The molecule has 1 unspecified atom stereocenters. The Labute approximate surface area is 126 Å². The number of hydrogen-bond donors (Lipinski definition) is 1. The summed E-state index contributed by atoms with van der Waals surface area (Å²) < 4.78 is 38.6. The van der Waals surface area contributed by atoms with E-state index < -0.39 is 17.5 Å². The molecule has 3 rings (SSSR count). The van der Waals surface area contributed by atoms with Gasteiger partial charge in [0.25, 0.3) is 0 Å². The summed E-state index contributed by atoms with van der Waals surface area (Å²) in [6.07, 6.45) is -0.902. The highest BCUT2D eigenvalue weighted by Crippen LogP contribution is 2.42. The number of benzene rings is 2. The van der Waals surface area contributed by atoms with Crippen molar-refractivity contribution in [2.75, 3.05) is 0 Å². The molecule has 0 saturated heterocycles. The molecule has 2 aromatic rings. The lowest BCUT2D eigenvalue weighted by Gasteiger charge is -2.28. The number of aromatic hydroxyl groups is 1. The zero-order chi connectivity index (χ0) is 15.7. The van der Waals surface area contributed by atoms with Crippen LogP contribution in [0.15, 0.2) is 54.6 Å².